The molecule has 0 saturated heterocycles. The molecule has 19 heavy (non-hydrogen) atoms. The molecule has 1 N–H and O–H groups in total. The highest BCUT2D eigenvalue weighted by Crippen LogP contribution is 2.36. The number of ether oxygens (including phenoxy) is 2. The Morgan fingerprint density at radius 2 is 1.84 bits per heavy atom. The Bertz CT molecular complexity index is 614. The molecule has 0 atom stereocenters. The molecule has 0 fully saturated rings. The summed E-state index contributed by atoms with van der Waals surface area (Å²) in [5.74, 6) is 1.35. The summed E-state index contributed by atoms with van der Waals surface area (Å²) < 4.78 is 10.5. The SMILES string of the molecule is Clc1cc2c(cc1C=NNc1ccccc1)OCO2. The van der Waals surface area contributed by atoms with Crippen molar-refractivity contribution >= 4 is 23.5 Å². The van der Waals surface area contributed by atoms with Crippen molar-refractivity contribution in [2.45, 2.75) is 0 Å². The predicted octanol–water partition coefficient (Wildman–Crippen LogP) is 3.51. The second-order valence-corrected chi connectivity index (χ2v) is 4.37. The minimum Gasteiger partial charge on any atom is -0.454 e. The first-order valence-electron chi connectivity index (χ1n) is 5.76. The highest BCUT2D eigenvalue weighted by Gasteiger charge is 2.15. The molecule has 1 aliphatic heterocycles. The number of nitrogens with one attached hydrogen (secondary N) is 1. The van der Waals surface area contributed by atoms with Crippen molar-refractivity contribution in [3.63, 3.8) is 0 Å². The molecule has 3 rings (SSSR count). The maximum atomic E-state index is 6.14. The van der Waals surface area contributed by atoms with Crippen LogP contribution in [0.4, 0.5) is 5.69 Å². The average Bonchev–Trinajstić information content (AvgIpc) is 2.87. The Kier molecular flexibility index (Phi) is 3.25. The number of benzene rings is 2. The van der Waals surface area contributed by atoms with E-state index in [1.165, 1.54) is 0 Å². The highest BCUT2D eigenvalue weighted by molar-refractivity contribution is 6.33. The molecule has 0 aromatic heterocycles. The van der Waals surface area contributed by atoms with E-state index in [1.807, 2.05) is 30.3 Å². The molecule has 0 aliphatic carbocycles. The van der Waals surface area contributed by atoms with Gasteiger partial charge in [0.15, 0.2) is 11.5 Å². The van der Waals surface area contributed by atoms with Crippen LogP contribution in [0.2, 0.25) is 5.02 Å². The van der Waals surface area contributed by atoms with E-state index in [0.29, 0.717) is 16.5 Å². The van der Waals surface area contributed by atoms with Gasteiger partial charge in [-0.25, -0.2) is 0 Å². The van der Waals surface area contributed by atoms with E-state index in [9.17, 15) is 0 Å². The van der Waals surface area contributed by atoms with Crippen LogP contribution in [-0.2, 0) is 0 Å². The third-order valence-corrected chi connectivity index (χ3v) is 2.99. The zero-order chi connectivity index (χ0) is 13.1. The molecular weight excluding hydrogens is 264 g/mol. The van der Waals surface area contributed by atoms with E-state index in [0.717, 1.165) is 11.3 Å². The second-order valence-electron chi connectivity index (χ2n) is 3.96. The van der Waals surface area contributed by atoms with Crippen LogP contribution in [0.5, 0.6) is 11.5 Å². The molecule has 0 radical (unpaired) electrons. The van der Waals surface area contributed by atoms with Crippen LogP contribution in [0.25, 0.3) is 0 Å². The Labute approximate surface area is 115 Å². The topological polar surface area (TPSA) is 42.9 Å². The average molecular weight is 275 g/mol. The van der Waals surface area contributed by atoms with Crippen LogP contribution in [0.15, 0.2) is 47.6 Å². The van der Waals surface area contributed by atoms with Gasteiger partial charge in [0.2, 0.25) is 6.79 Å². The number of halogens is 1. The van der Waals surface area contributed by atoms with Crippen molar-refractivity contribution in [1.29, 1.82) is 0 Å². The molecule has 0 unspecified atom stereocenters. The summed E-state index contributed by atoms with van der Waals surface area (Å²) in [5, 5.41) is 4.71. The maximum absolute atomic E-state index is 6.14. The lowest BCUT2D eigenvalue weighted by Gasteiger charge is -2.02. The molecule has 0 bridgehead atoms. The molecule has 0 amide bonds. The lowest BCUT2D eigenvalue weighted by Crippen LogP contribution is -1.93. The number of nitrogens with zero attached hydrogens (tertiary/aromatic N) is 1. The lowest BCUT2D eigenvalue weighted by atomic mass is 10.2. The minimum absolute atomic E-state index is 0.231. The summed E-state index contributed by atoms with van der Waals surface area (Å²) in [4.78, 5) is 0. The van der Waals surface area contributed by atoms with Crippen LogP contribution >= 0.6 is 11.6 Å². The van der Waals surface area contributed by atoms with Gasteiger partial charge in [0.25, 0.3) is 0 Å². The van der Waals surface area contributed by atoms with E-state index in [2.05, 4.69) is 10.5 Å². The van der Waals surface area contributed by atoms with Gasteiger partial charge < -0.3 is 9.47 Å². The molecule has 2 aromatic rings. The van der Waals surface area contributed by atoms with E-state index in [1.54, 1.807) is 18.3 Å². The highest BCUT2D eigenvalue weighted by atomic mass is 35.5. The molecule has 5 heteroatoms. The van der Waals surface area contributed by atoms with Gasteiger partial charge >= 0.3 is 0 Å². The summed E-state index contributed by atoms with van der Waals surface area (Å²) >= 11 is 6.14. The summed E-state index contributed by atoms with van der Waals surface area (Å²) in [6.45, 7) is 0.231. The first kappa shape index (κ1) is 11.9. The molecule has 96 valence electrons. The summed E-state index contributed by atoms with van der Waals surface area (Å²) in [6.07, 6.45) is 1.65. The van der Waals surface area contributed by atoms with Crippen molar-refractivity contribution < 1.29 is 9.47 Å². The van der Waals surface area contributed by atoms with Crippen LogP contribution in [-0.4, -0.2) is 13.0 Å². The van der Waals surface area contributed by atoms with Crippen molar-refractivity contribution in [3.8, 4) is 11.5 Å². The molecule has 1 aliphatic rings. The maximum Gasteiger partial charge on any atom is 0.231 e. The number of para-hydroxylation sites is 1. The van der Waals surface area contributed by atoms with Gasteiger partial charge in [0, 0.05) is 11.6 Å². The standard InChI is InChI=1S/C14H11ClN2O2/c15-12-7-14-13(18-9-19-14)6-10(12)8-16-17-11-4-2-1-3-5-11/h1-8,17H,9H2. The molecule has 0 spiro atoms. The fourth-order valence-corrected chi connectivity index (χ4v) is 1.92. The summed E-state index contributed by atoms with van der Waals surface area (Å²) in [5.41, 5.74) is 4.61. The third kappa shape index (κ3) is 2.63. The Balaban J connectivity index is 1.76. The van der Waals surface area contributed by atoms with Crippen molar-refractivity contribution in [3.05, 3.63) is 53.1 Å². The molecular formula is C14H11ClN2O2. The van der Waals surface area contributed by atoms with Crippen molar-refractivity contribution in [2.75, 3.05) is 12.2 Å². The normalized spacial score (nSPS) is 12.9. The molecule has 1 heterocycles. The number of rotatable bonds is 3. The largest absolute Gasteiger partial charge is 0.454 e. The van der Waals surface area contributed by atoms with E-state index in [4.69, 9.17) is 21.1 Å². The van der Waals surface area contributed by atoms with Crippen LogP contribution in [0.1, 0.15) is 5.56 Å². The van der Waals surface area contributed by atoms with Crippen molar-refractivity contribution in [2.24, 2.45) is 5.10 Å². The fraction of sp³-hybridized carbons (Fsp3) is 0.0714. The molecule has 0 saturated carbocycles. The van der Waals surface area contributed by atoms with Crippen LogP contribution in [0, 0.1) is 0 Å². The number of fused-ring (bicyclic) bond motifs is 1. The fourth-order valence-electron chi connectivity index (χ4n) is 1.72. The lowest BCUT2D eigenvalue weighted by molar-refractivity contribution is 0.174. The Morgan fingerprint density at radius 1 is 1.11 bits per heavy atom. The summed E-state index contributed by atoms with van der Waals surface area (Å²) in [6, 6.07) is 13.2. The van der Waals surface area contributed by atoms with Gasteiger partial charge in [-0.15, -0.1) is 0 Å². The molecule has 2 aromatic carbocycles. The number of hydrogen-bond acceptors (Lipinski definition) is 4. The number of hydrazone groups is 1. The smallest absolute Gasteiger partial charge is 0.231 e. The zero-order valence-corrected chi connectivity index (χ0v) is 10.7. The van der Waals surface area contributed by atoms with Crippen LogP contribution in [0.3, 0.4) is 0 Å². The van der Waals surface area contributed by atoms with Crippen molar-refractivity contribution in [1.82, 2.24) is 0 Å². The van der Waals surface area contributed by atoms with Gasteiger partial charge in [-0.1, -0.05) is 29.8 Å². The first-order valence-corrected chi connectivity index (χ1v) is 6.14. The summed E-state index contributed by atoms with van der Waals surface area (Å²) in [7, 11) is 0. The Hall–Kier alpha value is -2.20. The minimum atomic E-state index is 0.231. The zero-order valence-electron chi connectivity index (χ0n) is 9.97. The number of anilines is 1. The van der Waals surface area contributed by atoms with Gasteiger partial charge in [0.1, 0.15) is 0 Å². The quantitative estimate of drug-likeness (QED) is 0.688. The second kappa shape index (κ2) is 5.20. The van der Waals surface area contributed by atoms with E-state index in [-0.39, 0.29) is 6.79 Å². The van der Waals surface area contributed by atoms with Gasteiger partial charge in [-0.2, -0.15) is 5.10 Å². The number of hydrogen-bond donors (Lipinski definition) is 1. The molecule has 4 nitrogen and oxygen atoms in total. The third-order valence-electron chi connectivity index (χ3n) is 2.66. The van der Waals surface area contributed by atoms with E-state index >= 15 is 0 Å². The van der Waals surface area contributed by atoms with Gasteiger partial charge in [-0.3, -0.25) is 5.43 Å². The Morgan fingerprint density at radius 3 is 2.63 bits per heavy atom. The van der Waals surface area contributed by atoms with E-state index < -0.39 is 0 Å². The van der Waals surface area contributed by atoms with Gasteiger partial charge in [-0.05, 0) is 18.2 Å². The monoisotopic (exact) mass is 274 g/mol. The van der Waals surface area contributed by atoms with Gasteiger partial charge in [0.05, 0.1) is 16.9 Å². The first-order chi connectivity index (χ1) is 9.33. The van der Waals surface area contributed by atoms with Crippen LogP contribution < -0.4 is 14.9 Å². The predicted molar refractivity (Wildman–Crippen MR) is 75.2 cm³/mol.